The lowest BCUT2D eigenvalue weighted by Gasteiger charge is -2.10. The molecular formula is C20H16F2N4OS. The highest BCUT2D eigenvalue weighted by atomic mass is 32.1. The molecule has 0 fully saturated rings. The van der Waals surface area contributed by atoms with E-state index in [4.69, 9.17) is 0 Å². The van der Waals surface area contributed by atoms with Crippen LogP contribution in [0.25, 0.3) is 21.8 Å². The summed E-state index contributed by atoms with van der Waals surface area (Å²) in [6.45, 7) is 0. The second-order valence-corrected chi connectivity index (χ2v) is 7.29. The minimum absolute atomic E-state index is 0.0244. The highest BCUT2D eigenvalue weighted by molar-refractivity contribution is 7.19. The Hall–Kier alpha value is -3.13. The second kappa shape index (κ2) is 7.47. The topological polar surface area (TPSA) is 59.8 Å². The third-order valence-electron chi connectivity index (χ3n) is 4.35. The molecule has 0 unspecified atom stereocenters. The van der Waals surface area contributed by atoms with Gasteiger partial charge in [0.05, 0.1) is 16.3 Å². The van der Waals surface area contributed by atoms with Gasteiger partial charge in [0.1, 0.15) is 17.2 Å². The van der Waals surface area contributed by atoms with Crippen LogP contribution in [-0.4, -0.2) is 20.7 Å². The molecule has 1 aliphatic rings. The molecule has 4 rings (SSSR count). The fraction of sp³-hybridized carbons (Fsp3) is 0.150. The molecule has 28 heavy (non-hydrogen) atoms. The molecule has 1 aliphatic carbocycles. The summed E-state index contributed by atoms with van der Waals surface area (Å²) in [6.07, 6.45) is 3.09. The number of aromatic nitrogens is 3. The number of thiazole rings is 1. The smallest absolute Gasteiger partial charge is 0.263 e. The number of nitrogens with zero attached hydrogens (tertiary/aromatic N) is 3. The number of hydrogen-bond donors (Lipinski definition) is 1. The average Bonchev–Trinajstić information content (AvgIpc) is 3.28. The van der Waals surface area contributed by atoms with Crippen LogP contribution in [0.4, 0.5) is 13.9 Å². The molecule has 0 spiro atoms. The minimum Gasteiger partial charge on any atom is -0.298 e. The van der Waals surface area contributed by atoms with E-state index in [2.05, 4.69) is 15.4 Å². The van der Waals surface area contributed by atoms with Gasteiger partial charge < -0.3 is 0 Å². The second-order valence-electron chi connectivity index (χ2n) is 6.26. The number of benzene rings is 1. The Kier molecular flexibility index (Phi) is 4.87. The third kappa shape index (κ3) is 3.50. The Morgan fingerprint density at radius 2 is 2.04 bits per heavy atom. The lowest BCUT2D eigenvalue weighted by atomic mass is 10.0. The van der Waals surface area contributed by atoms with Crippen molar-refractivity contribution in [1.82, 2.24) is 14.8 Å². The number of halogens is 2. The van der Waals surface area contributed by atoms with Crippen LogP contribution in [0.1, 0.15) is 12.8 Å². The van der Waals surface area contributed by atoms with Crippen LogP contribution in [0.15, 0.2) is 65.9 Å². The maximum absolute atomic E-state index is 13.8. The van der Waals surface area contributed by atoms with Crippen LogP contribution < -0.4 is 5.32 Å². The van der Waals surface area contributed by atoms with Gasteiger partial charge in [0.2, 0.25) is 0 Å². The Balaban J connectivity index is 1.56. The van der Waals surface area contributed by atoms with Gasteiger partial charge in [0.15, 0.2) is 5.13 Å². The Morgan fingerprint density at radius 1 is 1.25 bits per heavy atom. The quantitative estimate of drug-likeness (QED) is 0.671. The van der Waals surface area contributed by atoms with E-state index in [-0.39, 0.29) is 18.0 Å². The van der Waals surface area contributed by atoms with Gasteiger partial charge in [-0.3, -0.25) is 14.8 Å². The first kappa shape index (κ1) is 18.2. The number of anilines is 1. The van der Waals surface area contributed by atoms with Gasteiger partial charge in [-0.15, -0.1) is 0 Å². The van der Waals surface area contributed by atoms with Gasteiger partial charge in [-0.2, -0.15) is 5.10 Å². The summed E-state index contributed by atoms with van der Waals surface area (Å²) < 4.78 is 29.4. The summed E-state index contributed by atoms with van der Waals surface area (Å²) in [4.78, 5) is 17.2. The molecule has 0 saturated carbocycles. The van der Waals surface area contributed by atoms with E-state index in [0.717, 1.165) is 21.8 Å². The Bertz CT molecular complexity index is 1100. The highest BCUT2D eigenvalue weighted by Crippen LogP contribution is 2.33. The van der Waals surface area contributed by atoms with Crippen LogP contribution in [0.3, 0.4) is 0 Å². The zero-order valence-corrected chi connectivity index (χ0v) is 15.8. The molecule has 0 saturated heterocycles. The molecule has 0 bridgehead atoms. The number of allylic oxidation sites excluding steroid dienone is 2. The maximum atomic E-state index is 13.8. The standard InChI is InChI=1S/C20H16F2N4OS/c1-26-16(10-15(25-26)12-6-3-2-4-7-12)17-11-23-20(28-17)24-19(27)18-13(21)8-5-9-14(18)22/h2-4,6-8,10-11H,5,9H2,1H3,(H,23,24,27). The van der Waals surface area contributed by atoms with E-state index in [1.54, 1.807) is 10.9 Å². The van der Waals surface area contributed by atoms with E-state index in [1.165, 1.54) is 17.4 Å². The average molecular weight is 398 g/mol. The first-order chi connectivity index (χ1) is 13.5. The number of aryl methyl sites for hydroxylation is 1. The predicted molar refractivity (Wildman–Crippen MR) is 105 cm³/mol. The fourth-order valence-corrected chi connectivity index (χ4v) is 3.83. The Morgan fingerprint density at radius 3 is 2.79 bits per heavy atom. The molecular weight excluding hydrogens is 382 g/mol. The summed E-state index contributed by atoms with van der Waals surface area (Å²) in [5, 5.41) is 7.26. The molecule has 2 aromatic heterocycles. The molecule has 0 atom stereocenters. The molecule has 1 amide bonds. The Labute approximate surface area is 164 Å². The summed E-state index contributed by atoms with van der Waals surface area (Å²) in [5.74, 6) is -2.41. The first-order valence-corrected chi connectivity index (χ1v) is 9.46. The van der Waals surface area contributed by atoms with E-state index >= 15 is 0 Å². The molecule has 2 heterocycles. The summed E-state index contributed by atoms with van der Waals surface area (Å²) in [6, 6.07) is 11.7. The normalized spacial score (nSPS) is 14.2. The first-order valence-electron chi connectivity index (χ1n) is 8.64. The van der Waals surface area contributed by atoms with Gasteiger partial charge in [0.25, 0.3) is 5.91 Å². The summed E-state index contributed by atoms with van der Waals surface area (Å²) >= 11 is 1.21. The van der Waals surface area contributed by atoms with E-state index in [9.17, 15) is 13.6 Å². The van der Waals surface area contributed by atoms with Gasteiger partial charge in [-0.1, -0.05) is 41.7 Å². The van der Waals surface area contributed by atoms with Crippen molar-refractivity contribution in [3.63, 3.8) is 0 Å². The summed E-state index contributed by atoms with van der Waals surface area (Å²) in [5.41, 5.74) is 2.09. The van der Waals surface area contributed by atoms with Crippen LogP contribution in [0.5, 0.6) is 0 Å². The van der Waals surface area contributed by atoms with Crippen molar-refractivity contribution in [2.45, 2.75) is 12.8 Å². The number of amides is 1. The molecule has 1 aromatic carbocycles. The minimum atomic E-state index is -0.836. The van der Waals surface area contributed by atoms with Crippen molar-refractivity contribution in [3.8, 4) is 21.8 Å². The van der Waals surface area contributed by atoms with Gasteiger partial charge >= 0.3 is 0 Å². The monoisotopic (exact) mass is 398 g/mol. The number of rotatable bonds is 4. The zero-order chi connectivity index (χ0) is 19.7. The number of nitrogens with one attached hydrogen (secondary N) is 1. The number of carbonyl (C=O) groups is 1. The molecule has 5 nitrogen and oxygen atoms in total. The lowest BCUT2D eigenvalue weighted by molar-refractivity contribution is -0.112. The number of carbonyl (C=O) groups excluding carboxylic acids is 1. The van der Waals surface area contributed by atoms with Crippen molar-refractivity contribution >= 4 is 22.4 Å². The van der Waals surface area contributed by atoms with Crippen LogP contribution in [-0.2, 0) is 11.8 Å². The van der Waals surface area contributed by atoms with Crippen molar-refractivity contribution < 1.29 is 13.6 Å². The van der Waals surface area contributed by atoms with E-state index in [0.29, 0.717) is 0 Å². The lowest BCUT2D eigenvalue weighted by Crippen LogP contribution is -2.17. The number of hydrogen-bond acceptors (Lipinski definition) is 4. The van der Waals surface area contributed by atoms with Crippen LogP contribution >= 0.6 is 11.3 Å². The summed E-state index contributed by atoms with van der Waals surface area (Å²) in [7, 11) is 1.82. The molecule has 0 aliphatic heterocycles. The highest BCUT2D eigenvalue weighted by Gasteiger charge is 2.24. The van der Waals surface area contributed by atoms with Crippen molar-refractivity contribution in [3.05, 3.63) is 65.9 Å². The third-order valence-corrected chi connectivity index (χ3v) is 5.29. The molecule has 8 heteroatoms. The molecule has 1 N–H and O–H groups in total. The fourth-order valence-electron chi connectivity index (χ4n) is 2.97. The zero-order valence-electron chi connectivity index (χ0n) is 14.9. The van der Waals surface area contributed by atoms with E-state index in [1.807, 2.05) is 43.4 Å². The SMILES string of the molecule is Cn1nc(-c2ccccc2)cc1-c1cnc(NC(=O)C2=C(F)CCC=C2F)s1. The van der Waals surface area contributed by atoms with Crippen LogP contribution in [0.2, 0.25) is 0 Å². The molecule has 142 valence electrons. The van der Waals surface area contributed by atoms with Gasteiger partial charge in [0, 0.05) is 25.2 Å². The molecule has 0 radical (unpaired) electrons. The van der Waals surface area contributed by atoms with Gasteiger partial charge in [-0.25, -0.2) is 13.8 Å². The van der Waals surface area contributed by atoms with Crippen LogP contribution in [0, 0.1) is 0 Å². The predicted octanol–water partition coefficient (Wildman–Crippen LogP) is 5.02. The van der Waals surface area contributed by atoms with Gasteiger partial charge in [-0.05, 0) is 18.6 Å². The van der Waals surface area contributed by atoms with E-state index < -0.39 is 23.1 Å². The molecule has 3 aromatic rings. The van der Waals surface area contributed by atoms with Crippen molar-refractivity contribution in [2.75, 3.05) is 5.32 Å². The largest absolute Gasteiger partial charge is 0.298 e. The maximum Gasteiger partial charge on any atom is 0.263 e. The van der Waals surface area contributed by atoms with Crippen molar-refractivity contribution in [2.24, 2.45) is 7.05 Å². The van der Waals surface area contributed by atoms with Crippen molar-refractivity contribution in [1.29, 1.82) is 0 Å².